The van der Waals surface area contributed by atoms with Gasteiger partial charge in [-0.3, -0.25) is 23.8 Å². The maximum absolute atomic E-state index is 11.8. The number of hydrogen-bond donors (Lipinski definition) is 1. The van der Waals surface area contributed by atoms with E-state index in [4.69, 9.17) is 23.8 Å². The van der Waals surface area contributed by atoms with Crippen LogP contribution in [0.15, 0.2) is 6.33 Å². The highest BCUT2D eigenvalue weighted by Crippen LogP contribution is 2.36. The summed E-state index contributed by atoms with van der Waals surface area (Å²) in [7, 11) is 1.43. The minimum atomic E-state index is -1.05. The van der Waals surface area contributed by atoms with Gasteiger partial charge in [0.25, 0.3) is 0 Å². The third kappa shape index (κ3) is 5.19. The molecule has 0 bridgehead atoms. The summed E-state index contributed by atoms with van der Waals surface area (Å²) in [5.41, 5.74) is 3.36. The zero-order chi connectivity index (χ0) is 22.7. The molecule has 4 unspecified atom stereocenters. The standard InChI is InChI=1S/C17H20IN5O8/c1-7(24)28-5-10-12(29-8(2)25)13(30-9(3)26)16(31-10)23-6-19-11-14(22-27-4)20-17(18)21-15(11)23/h6,10,12-13,16H,5H2,1-4H3,(H,20,21,22). The molecule has 0 saturated carbocycles. The van der Waals surface area contributed by atoms with E-state index in [0.29, 0.717) is 20.8 Å². The smallest absolute Gasteiger partial charge is 0.303 e. The van der Waals surface area contributed by atoms with E-state index >= 15 is 0 Å². The monoisotopic (exact) mass is 549 g/mol. The van der Waals surface area contributed by atoms with Crippen molar-refractivity contribution in [3.8, 4) is 0 Å². The third-order valence-electron chi connectivity index (χ3n) is 4.21. The fourth-order valence-corrected chi connectivity index (χ4v) is 3.63. The quantitative estimate of drug-likeness (QED) is 0.170. The van der Waals surface area contributed by atoms with Gasteiger partial charge in [0.2, 0.25) is 0 Å². The average Bonchev–Trinajstić information content (AvgIpc) is 3.21. The van der Waals surface area contributed by atoms with E-state index in [1.165, 1.54) is 38.8 Å². The Labute approximate surface area is 189 Å². The number of hydrogen-bond acceptors (Lipinski definition) is 12. The van der Waals surface area contributed by atoms with Crippen molar-refractivity contribution in [3.63, 3.8) is 0 Å². The van der Waals surface area contributed by atoms with Crippen LogP contribution in [-0.4, -0.2) is 69.5 Å². The number of imidazole rings is 1. The second kappa shape index (κ2) is 9.69. The highest BCUT2D eigenvalue weighted by Gasteiger charge is 2.51. The fraction of sp³-hybridized carbons (Fsp3) is 0.529. The summed E-state index contributed by atoms with van der Waals surface area (Å²) in [6.07, 6.45) is -2.51. The molecule has 4 atom stereocenters. The van der Waals surface area contributed by atoms with Crippen molar-refractivity contribution < 1.29 is 38.2 Å². The molecule has 1 fully saturated rings. The Morgan fingerprint density at radius 2 is 1.81 bits per heavy atom. The number of ether oxygens (including phenoxy) is 4. The van der Waals surface area contributed by atoms with Gasteiger partial charge >= 0.3 is 17.9 Å². The average molecular weight is 549 g/mol. The molecule has 3 rings (SSSR count). The molecule has 2 aromatic heterocycles. The molecule has 0 spiro atoms. The van der Waals surface area contributed by atoms with E-state index in [1.54, 1.807) is 0 Å². The molecule has 13 nitrogen and oxygen atoms in total. The maximum Gasteiger partial charge on any atom is 0.303 e. The first-order valence-electron chi connectivity index (χ1n) is 9.03. The molecule has 1 aliphatic rings. The van der Waals surface area contributed by atoms with Crippen LogP contribution in [0.5, 0.6) is 0 Å². The van der Waals surface area contributed by atoms with Gasteiger partial charge in [0.15, 0.2) is 39.2 Å². The molecule has 3 heterocycles. The summed E-state index contributed by atoms with van der Waals surface area (Å²) in [4.78, 5) is 52.6. The number of halogens is 1. The Morgan fingerprint density at radius 3 is 2.42 bits per heavy atom. The number of rotatable bonds is 7. The lowest BCUT2D eigenvalue weighted by atomic mass is 10.1. The van der Waals surface area contributed by atoms with Gasteiger partial charge in [-0.25, -0.2) is 20.4 Å². The molecule has 0 aliphatic carbocycles. The number of nitrogens with zero attached hydrogens (tertiary/aromatic N) is 4. The number of aromatic nitrogens is 4. The molecule has 1 saturated heterocycles. The van der Waals surface area contributed by atoms with Crippen molar-refractivity contribution in [2.24, 2.45) is 0 Å². The van der Waals surface area contributed by atoms with Crippen LogP contribution < -0.4 is 5.48 Å². The van der Waals surface area contributed by atoms with Crippen LogP contribution in [0, 0.1) is 3.83 Å². The molecule has 168 valence electrons. The first-order valence-corrected chi connectivity index (χ1v) is 10.1. The summed E-state index contributed by atoms with van der Waals surface area (Å²) in [6, 6.07) is 0. The highest BCUT2D eigenvalue weighted by molar-refractivity contribution is 14.1. The number of nitrogens with one attached hydrogen (secondary N) is 1. The fourth-order valence-electron chi connectivity index (χ4n) is 3.16. The highest BCUT2D eigenvalue weighted by atomic mass is 127. The molecular formula is C17H20IN5O8. The summed E-state index contributed by atoms with van der Waals surface area (Å²) in [5, 5.41) is 0. The molecule has 0 radical (unpaired) electrons. The van der Waals surface area contributed by atoms with Crippen molar-refractivity contribution >= 4 is 57.5 Å². The largest absolute Gasteiger partial charge is 0.463 e. The number of carbonyl (C=O) groups is 3. The van der Waals surface area contributed by atoms with E-state index < -0.39 is 42.4 Å². The van der Waals surface area contributed by atoms with Crippen molar-refractivity contribution in [1.82, 2.24) is 19.5 Å². The zero-order valence-electron chi connectivity index (χ0n) is 17.0. The second-order valence-electron chi connectivity index (χ2n) is 6.49. The van der Waals surface area contributed by atoms with Crippen molar-refractivity contribution in [3.05, 3.63) is 10.2 Å². The van der Waals surface area contributed by atoms with Gasteiger partial charge in [-0.2, -0.15) is 0 Å². The SMILES string of the molecule is CONc1nc(I)nc2c1ncn2C1OC(COC(C)=O)C(OC(C)=O)C1OC(C)=O. The summed E-state index contributed by atoms with van der Waals surface area (Å²) in [5.74, 6) is -1.44. The van der Waals surface area contributed by atoms with Gasteiger partial charge in [0.1, 0.15) is 12.7 Å². The Balaban J connectivity index is 2.05. The Hall–Kier alpha value is -2.59. The number of carbonyl (C=O) groups excluding carboxylic acids is 3. The van der Waals surface area contributed by atoms with Gasteiger partial charge in [0, 0.05) is 43.4 Å². The molecule has 0 amide bonds. The van der Waals surface area contributed by atoms with Gasteiger partial charge < -0.3 is 18.9 Å². The predicted molar refractivity (Wildman–Crippen MR) is 110 cm³/mol. The number of esters is 3. The van der Waals surface area contributed by atoms with Crippen molar-refractivity contribution in [2.75, 3.05) is 19.2 Å². The van der Waals surface area contributed by atoms with Crippen LogP contribution in [0.2, 0.25) is 0 Å². The first-order chi connectivity index (χ1) is 14.7. The number of fused-ring (bicyclic) bond motifs is 1. The van der Waals surface area contributed by atoms with Crippen molar-refractivity contribution in [2.45, 2.75) is 45.3 Å². The van der Waals surface area contributed by atoms with E-state index in [-0.39, 0.29) is 6.61 Å². The second-order valence-corrected chi connectivity index (χ2v) is 7.45. The molecule has 14 heteroatoms. The zero-order valence-corrected chi connectivity index (χ0v) is 19.2. The Bertz CT molecular complexity index is 998. The normalized spacial score (nSPS) is 22.9. The lowest BCUT2D eigenvalue weighted by molar-refractivity contribution is -0.166. The summed E-state index contributed by atoms with van der Waals surface area (Å²) >= 11 is 1.93. The van der Waals surface area contributed by atoms with E-state index in [2.05, 4.69) is 20.4 Å². The van der Waals surface area contributed by atoms with Crippen LogP contribution in [0.1, 0.15) is 27.0 Å². The van der Waals surface area contributed by atoms with Crippen LogP contribution in [0.4, 0.5) is 5.82 Å². The van der Waals surface area contributed by atoms with Crippen LogP contribution in [0.3, 0.4) is 0 Å². The van der Waals surface area contributed by atoms with Crippen molar-refractivity contribution in [1.29, 1.82) is 0 Å². The Kier molecular flexibility index (Phi) is 7.22. The van der Waals surface area contributed by atoms with E-state index in [9.17, 15) is 14.4 Å². The number of anilines is 1. The first kappa shape index (κ1) is 23.1. The van der Waals surface area contributed by atoms with E-state index in [0.717, 1.165) is 0 Å². The lowest BCUT2D eigenvalue weighted by Gasteiger charge is -2.23. The Morgan fingerprint density at radius 1 is 1.13 bits per heavy atom. The van der Waals surface area contributed by atoms with Gasteiger partial charge in [0.05, 0.1) is 13.4 Å². The minimum Gasteiger partial charge on any atom is -0.463 e. The minimum absolute atomic E-state index is 0.211. The van der Waals surface area contributed by atoms with Gasteiger partial charge in [-0.1, -0.05) is 0 Å². The molecule has 1 aliphatic heterocycles. The molecular weight excluding hydrogens is 529 g/mol. The van der Waals surface area contributed by atoms with E-state index in [1.807, 2.05) is 22.6 Å². The topological polar surface area (TPSA) is 153 Å². The summed E-state index contributed by atoms with van der Waals surface area (Å²) in [6.45, 7) is 3.46. The van der Waals surface area contributed by atoms with Gasteiger partial charge in [-0.05, 0) is 0 Å². The van der Waals surface area contributed by atoms with Crippen LogP contribution >= 0.6 is 22.6 Å². The molecule has 1 N–H and O–H groups in total. The van der Waals surface area contributed by atoms with Crippen LogP contribution in [-0.2, 0) is 38.2 Å². The predicted octanol–water partition coefficient (Wildman–Crippen LogP) is 0.728. The van der Waals surface area contributed by atoms with Gasteiger partial charge in [-0.15, -0.1) is 0 Å². The lowest BCUT2D eigenvalue weighted by Crippen LogP contribution is -2.40. The molecule has 0 aromatic carbocycles. The third-order valence-corrected chi connectivity index (χ3v) is 4.69. The summed E-state index contributed by atoms with van der Waals surface area (Å²) < 4.78 is 23.8. The maximum atomic E-state index is 11.8. The molecule has 31 heavy (non-hydrogen) atoms. The molecule has 2 aromatic rings. The van der Waals surface area contributed by atoms with Crippen LogP contribution in [0.25, 0.3) is 11.2 Å².